The number of amides is 1. The number of carboxylic acids is 1. The van der Waals surface area contributed by atoms with Crippen LogP contribution in [0.1, 0.15) is 89.3 Å². The van der Waals surface area contributed by atoms with Crippen LogP contribution in [-0.4, -0.2) is 33.7 Å². The Morgan fingerprint density at radius 1 is 1.30 bits per heavy atom. The van der Waals surface area contributed by atoms with Crippen LogP contribution >= 0.6 is 0 Å². The minimum Gasteiger partial charge on any atom is -0.481 e. The Bertz CT molecular complexity index is 556. The summed E-state index contributed by atoms with van der Waals surface area (Å²) in [4.78, 5) is 26.1. The first kappa shape index (κ1) is 23.1. The van der Waals surface area contributed by atoms with E-state index in [0.717, 1.165) is 25.2 Å². The van der Waals surface area contributed by atoms with Gasteiger partial charge in [-0.1, -0.05) is 63.9 Å². The van der Waals surface area contributed by atoms with E-state index in [-0.39, 0.29) is 25.4 Å². The highest BCUT2D eigenvalue weighted by Crippen LogP contribution is 2.31. The van der Waals surface area contributed by atoms with E-state index in [4.69, 9.17) is 15.4 Å². The molecule has 1 heterocycles. The molecule has 8 heteroatoms. The van der Waals surface area contributed by atoms with Crippen LogP contribution in [0.15, 0.2) is 4.52 Å². The van der Waals surface area contributed by atoms with Gasteiger partial charge in [0.2, 0.25) is 11.8 Å². The first-order chi connectivity index (χ1) is 13.0. The number of hydrogen-bond acceptors (Lipinski definition) is 6. The maximum absolute atomic E-state index is 11.1. The summed E-state index contributed by atoms with van der Waals surface area (Å²) < 4.78 is 5.25. The molecule has 0 radical (unpaired) electrons. The fraction of sp³-hybridized carbons (Fsp3) is 0.789. The zero-order chi connectivity index (χ0) is 20.1. The predicted molar refractivity (Wildman–Crippen MR) is 102 cm³/mol. The minimum atomic E-state index is -0.866. The molecule has 8 nitrogen and oxygen atoms in total. The number of rotatable bonds is 11. The molecule has 0 bridgehead atoms. The Kier molecular flexibility index (Phi) is 11.3. The van der Waals surface area contributed by atoms with Gasteiger partial charge in [-0.25, -0.2) is 0 Å². The third kappa shape index (κ3) is 9.51. The van der Waals surface area contributed by atoms with Gasteiger partial charge in [-0.15, -0.1) is 0 Å². The highest BCUT2D eigenvalue weighted by molar-refractivity contribution is 5.75. The zero-order valence-corrected chi connectivity index (χ0v) is 16.6. The first-order valence-corrected chi connectivity index (χ1v) is 10.1. The third-order valence-corrected chi connectivity index (χ3v) is 4.73. The van der Waals surface area contributed by atoms with E-state index >= 15 is 0 Å². The molecule has 0 aliphatic heterocycles. The number of nitrogens with two attached hydrogens (primary N) is 1. The van der Waals surface area contributed by atoms with Gasteiger partial charge < -0.3 is 20.7 Å². The van der Waals surface area contributed by atoms with Crippen LogP contribution in [0.2, 0.25) is 0 Å². The molecule has 1 aromatic rings. The second-order valence-corrected chi connectivity index (χ2v) is 6.85. The van der Waals surface area contributed by atoms with Crippen LogP contribution in [0.5, 0.6) is 0 Å². The number of primary amides is 1. The molecule has 0 saturated heterocycles. The third-order valence-electron chi connectivity index (χ3n) is 4.73. The monoisotopic (exact) mass is 382 g/mol. The van der Waals surface area contributed by atoms with E-state index in [0.29, 0.717) is 11.7 Å². The Morgan fingerprint density at radius 2 is 2.00 bits per heavy atom. The molecule has 4 N–H and O–H groups in total. The lowest BCUT2D eigenvalue weighted by molar-refractivity contribution is -0.137. The van der Waals surface area contributed by atoms with Gasteiger partial charge in [-0.05, 0) is 12.3 Å². The van der Waals surface area contributed by atoms with Crippen molar-refractivity contribution in [2.75, 3.05) is 6.54 Å². The van der Waals surface area contributed by atoms with Crippen molar-refractivity contribution in [3.8, 4) is 0 Å². The van der Waals surface area contributed by atoms with E-state index in [2.05, 4.69) is 15.5 Å². The fourth-order valence-corrected chi connectivity index (χ4v) is 3.45. The summed E-state index contributed by atoms with van der Waals surface area (Å²) in [6, 6.07) is 0. The molecular formula is C19H34N4O4. The van der Waals surface area contributed by atoms with Gasteiger partial charge in [-0.3, -0.25) is 9.59 Å². The van der Waals surface area contributed by atoms with Crippen molar-refractivity contribution >= 4 is 11.9 Å². The van der Waals surface area contributed by atoms with Crippen LogP contribution in [-0.2, 0) is 16.1 Å². The number of carbonyl (C=O) groups is 2. The van der Waals surface area contributed by atoms with Crippen LogP contribution in [0.4, 0.5) is 0 Å². The van der Waals surface area contributed by atoms with Crippen molar-refractivity contribution in [2.24, 2.45) is 11.7 Å². The van der Waals surface area contributed by atoms with Gasteiger partial charge in [0, 0.05) is 5.92 Å². The molecule has 1 atom stereocenters. The van der Waals surface area contributed by atoms with Gasteiger partial charge in [0.15, 0.2) is 5.82 Å². The van der Waals surface area contributed by atoms with Crippen molar-refractivity contribution < 1.29 is 19.2 Å². The summed E-state index contributed by atoms with van der Waals surface area (Å²) in [6.45, 7) is 4.29. The molecule has 27 heavy (non-hydrogen) atoms. The molecule has 1 amide bonds. The Hall–Kier alpha value is -1.96. The second-order valence-electron chi connectivity index (χ2n) is 6.85. The predicted octanol–water partition coefficient (Wildman–Crippen LogP) is 2.98. The van der Waals surface area contributed by atoms with E-state index in [1.165, 1.54) is 32.1 Å². The minimum absolute atomic E-state index is 0.0129. The lowest BCUT2D eigenvalue weighted by Crippen LogP contribution is -2.28. The molecule has 1 fully saturated rings. The topological polar surface area (TPSA) is 131 Å². The highest BCUT2D eigenvalue weighted by atomic mass is 16.5. The molecule has 1 aliphatic rings. The van der Waals surface area contributed by atoms with Gasteiger partial charge in [0.25, 0.3) is 0 Å². The van der Waals surface area contributed by atoms with Gasteiger partial charge in [0.1, 0.15) is 0 Å². The molecule has 154 valence electrons. The van der Waals surface area contributed by atoms with Gasteiger partial charge in [0.05, 0.1) is 19.5 Å². The summed E-state index contributed by atoms with van der Waals surface area (Å²) in [6.07, 6.45) is 9.38. The quantitative estimate of drug-likeness (QED) is 0.536. The summed E-state index contributed by atoms with van der Waals surface area (Å²) in [5.74, 6) is -0.0563. The van der Waals surface area contributed by atoms with Crippen LogP contribution < -0.4 is 11.1 Å². The van der Waals surface area contributed by atoms with Crippen LogP contribution in [0, 0.1) is 5.92 Å². The number of aromatic nitrogens is 2. The molecular weight excluding hydrogens is 348 g/mol. The molecule has 0 unspecified atom stereocenters. The largest absolute Gasteiger partial charge is 0.481 e. The normalized spacial score (nSPS) is 15.6. The van der Waals surface area contributed by atoms with Crippen molar-refractivity contribution in [1.82, 2.24) is 15.5 Å². The standard InChI is InChI=1S/C17H28N4O4.C2H6/c18-14(22)10-19-11-15-20-17(25-21-15)13(9-16(23)24)8-4-7-12-5-2-1-3-6-12;1-2/h12-13,19H,1-11H2,(H2,18,22)(H,23,24);1-2H3/t13-;/m1./s1. The number of carbonyl (C=O) groups excluding carboxylic acids is 1. The fourth-order valence-electron chi connectivity index (χ4n) is 3.45. The lowest BCUT2D eigenvalue weighted by Gasteiger charge is -2.21. The summed E-state index contributed by atoms with van der Waals surface area (Å²) in [7, 11) is 0. The van der Waals surface area contributed by atoms with Crippen LogP contribution in [0.3, 0.4) is 0 Å². The number of nitrogens with one attached hydrogen (secondary N) is 1. The van der Waals surface area contributed by atoms with E-state index < -0.39 is 11.9 Å². The smallest absolute Gasteiger partial charge is 0.304 e. The van der Waals surface area contributed by atoms with E-state index in [1.54, 1.807) is 0 Å². The molecule has 2 rings (SSSR count). The molecule has 0 aromatic carbocycles. The SMILES string of the molecule is CC.NC(=O)CNCc1noc([C@H](CCCC2CCCCC2)CC(=O)O)n1. The summed E-state index contributed by atoms with van der Waals surface area (Å²) in [5, 5.41) is 15.8. The average molecular weight is 383 g/mol. The molecule has 0 spiro atoms. The number of aliphatic carboxylic acids is 1. The summed E-state index contributed by atoms with van der Waals surface area (Å²) >= 11 is 0. The zero-order valence-electron chi connectivity index (χ0n) is 16.6. The molecule has 1 saturated carbocycles. The Morgan fingerprint density at radius 3 is 2.63 bits per heavy atom. The average Bonchev–Trinajstić information content (AvgIpc) is 3.12. The highest BCUT2D eigenvalue weighted by Gasteiger charge is 2.23. The summed E-state index contributed by atoms with van der Waals surface area (Å²) in [5.41, 5.74) is 5.05. The maximum atomic E-state index is 11.1. The van der Waals surface area contributed by atoms with Gasteiger partial charge in [-0.2, -0.15) is 4.98 Å². The maximum Gasteiger partial charge on any atom is 0.304 e. The number of hydrogen-bond donors (Lipinski definition) is 3. The van der Waals surface area contributed by atoms with E-state index in [1.807, 2.05) is 13.8 Å². The van der Waals surface area contributed by atoms with E-state index in [9.17, 15) is 9.59 Å². The number of carboxylic acid groups (broad SMARTS) is 1. The Labute approximate surface area is 161 Å². The van der Waals surface area contributed by atoms with Crippen molar-refractivity contribution in [3.63, 3.8) is 0 Å². The Balaban J connectivity index is 0.00000176. The first-order valence-electron chi connectivity index (χ1n) is 10.1. The molecule has 1 aliphatic carbocycles. The second kappa shape index (κ2) is 13.2. The lowest BCUT2D eigenvalue weighted by atomic mass is 9.84. The van der Waals surface area contributed by atoms with Crippen molar-refractivity contribution in [3.05, 3.63) is 11.7 Å². The van der Waals surface area contributed by atoms with Crippen molar-refractivity contribution in [2.45, 2.75) is 84.1 Å². The van der Waals surface area contributed by atoms with Crippen LogP contribution in [0.25, 0.3) is 0 Å². The number of nitrogens with zero attached hydrogens (tertiary/aromatic N) is 2. The molecule has 1 aromatic heterocycles. The van der Waals surface area contributed by atoms with Gasteiger partial charge >= 0.3 is 5.97 Å². The van der Waals surface area contributed by atoms with Crippen molar-refractivity contribution in [1.29, 1.82) is 0 Å².